The Bertz CT molecular complexity index is 667. The van der Waals surface area contributed by atoms with E-state index in [1.54, 1.807) is 0 Å². The zero-order valence-electron chi connectivity index (χ0n) is 12.0. The summed E-state index contributed by atoms with van der Waals surface area (Å²) in [6, 6.07) is 7.80. The van der Waals surface area contributed by atoms with E-state index in [9.17, 15) is 4.79 Å². The number of carbonyl (C=O) groups excluding carboxylic acids is 1. The smallest absolute Gasteiger partial charge is 0.289 e. The summed E-state index contributed by atoms with van der Waals surface area (Å²) < 4.78 is 6.61. The van der Waals surface area contributed by atoms with E-state index in [1.165, 1.54) is 0 Å². The van der Waals surface area contributed by atoms with E-state index < -0.39 is 0 Å². The normalized spacial score (nSPS) is 22.7. The molecule has 1 amide bonds. The van der Waals surface area contributed by atoms with Crippen molar-refractivity contribution in [1.29, 1.82) is 0 Å². The molecular formula is C16H19BrN2O2. The van der Waals surface area contributed by atoms with Gasteiger partial charge in [0.05, 0.1) is 4.47 Å². The Labute approximate surface area is 132 Å². The van der Waals surface area contributed by atoms with E-state index in [0.717, 1.165) is 28.3 Å². The van der Waals surface area contributed by atoms with E-state index in [1.807, 2.05) is 29.2 Å². The van der Waals surface area contributed by atoms with Gasteiger partial charge in [-0.25, -0.2) is 0 Å². The fourth-order valence-corrected chi connectivity index (χ4v) is 3.42. The third-order valence-corrected chi connectivity index (χ3v) is 4.94. The highest BCUT2D eigenvalue weighted by Gasteiger charge is 2.30. The van der Waals surface area contributed by atoms with E-state index in [4.69, 9.17) is 10.2 Å². The molecule has 3 rings (SSSR count). The molecule has 2 atom stereocenters. The molecule has 1 fully saturated rings. The maximum atomic E-state index is 12.6. The van der Waals surface area contributed by atoms with Gasteiger partial charge in [-0.15, -0.1) is 0 Å². The number of rotatable bonds is 2. The highest BCUT2D eigenvalue weighted by molar-refractivity contribution is 9.10. The quantitative estimate of drug-likeness (QED) is 0.902. The number of fused-ring (bicyclic) bond motifs is 1. The Morgan fingerprint density at radius 3 is 3.05 bits per heavy atom. The molecule has 0 bridgehead atoms. The van der Waals surface area contributed by atoms with Crippen LogP contribution < -0.4 is 5.73 Å². The summed E-state index contributed by atoms with van der Waals surface area (Å²) in [6.45, 7) is 3.54. The molecule has 2 aromatic rings. The van der Waals surface area contributed by atoms with Crippen molar-refractivity contribution in [3.8, 4) is 0 Å². The maximum Gasteiger partial charge on any atom is 0.289 e. The van der Waals surface area contributed by atoms with Crippen molar-refractivity contribution in [2.75, 3.05) is 13.1 Å². The predicted molar refractivity (Wildman–Crippen MR) is 86.2 cm³/mol. The van der Waals surface area contributed by atoms with Crippen LogP contribution in [0.3, 0.4) is 0 Å². The van der Waals surface area contributed by atoms with Crippen LogP contribution in [0.5, 0.6) is 0 Å². The topological polar surface area (TPSA) is 59.5 Å². The van der Waals surface area contributed by atoms with Crippen LogP contribution in [-0.2, 0) is 0 Å². The van der Waals surface area contributed by atoms with Crippen LogP contribution in [0.25, 0.3) is 11.0 Å². The molecule has 0 spiro atoms. The Morgan fingerprint density at radius 1 is 1.52 bits per heavy atom. The van der Waals surface area contributed by atoms with Crippen molar-refractivity contribution in [1.82, 2.24) is 4.90 Å². The number of nitrogens with zero attached hydrogens (tertiary/aromatic N) is 1. The van der Waals surface area contributed by atoms with Crippen molar-refractivity contribution >= 4 is 32.8 Å². The highest BCUT2D eigenvalue weighted by atomic mass is 79.9. The van der Waals surface area contributed by atoms with Crippen molar-refractivity contribution in [2.45, 2.75) is 25.8 Å². The number of piperidine rings is 1. The van der Waals surface area contributed by atoms with Crippen molar-refractivity contribution < 1.29 is 9.21 Å². The van der Waals surface area contributed by atoms with Gasteiger partial charge in [0.2, 0.25) is 0 Å². The van der Waals surface area contributed by atoms with E-state index >= 15 is 0 Å². The summed E-state index contributed by atoms with van der Waals surface area (Å²) >= 11 is 3.45. The Balaban J connectivity index is 1.85. The standard InChI is InChI=1S/C16H19BrN2O2/c1-2-10-9-19(7-6-13(10)18)16(20)14-8-11-4-3-5-12(17)15(11)21-14/h3-5,8,10,13H,2,6-7,9,18H2,1H3. The number of para-hydroxylation sites is 1. The first kappa shape index (κ1) is 14.6. The largest absolute Gasteiger partial charge is 0.450 e. The van der Waals surface area contributed by atoms with Gasteiger partial charge in [-0.05, 0) is 40.4 Å². The second-order valence-electron chi connectivity index (χ2n) is 5.64. The fraction of sp³-hybridized carbons (Fsp3) is 0.438. The van der Waals surface area contributed by atoms with Gasteiger partial charge in [-0.2, -0.15) is 0 Å². The summed E-state index contributed by atoms with van der Waals surface area (Å²) in [5, 5.41) is 0.938. The molecule has 1 aromatic carbocycles. The zero-order chi connectivity index (χ0) is 15.0. The van der Waals surface area contributed by atoms with Gasteiger partial charge in [0.15, 0.2) is 5.76 Å². The first-order chi connectivity index (χ1) is 10.1. The van der Waals surface area contributed by atoms with E-state index in [2.05, 4.69) is 22.9 Å². The van der Waals surface area contributed by atoms with Crippen LogP contribution in [0.15, 0.2) is 33.2 Å². The van der Waals surface area contributed by atoms with Gasteiger partial charge in [0.1, 0.15) is 5.58 Å². The van der Waals surface area contributed by atoms with Gasteiger partial charge >= 0.3 is 0 Å². The number of nitrogens with two attached hydrogens (primary N) is 1. The third kappa shape index (κ3) is 2.72. The Kier molecular flexibility index (Phi) is 4.04. The fourth-order valence-electron chi connectivity index (χ4n) is 2.96. The van der Waals surface area contributed by atoms with Crippen molar-refractivity contribution in [3.63, 3.8) is 0 Å². The monoisotopic (exact) mass is 350 g/mol. The van der Waals surface area contributed by atoms with Gasteiger partial charge in [-0.3, -0.25) is 4.79 Å². The minimum absolute atomic E-state index is 0.0385. The zero-order valence-corrected chi connectivity index (χ0v) is 13.6. The lowest BCUT2D eigenvalue weighted by atomic mass is 9.90. The lowest BCUT2D eigenvalue weighted by Crippen LogP contribution is -2.48. The van der Waals surface area contributed by atoms with Crippen LogP contribution in [-0.4, -0.2) is 29.9 Å². The van der Waals surface area contributed by atoms with Crippen LogP contribution >= 0.6 is 15.9 Å². The molecule has 1 aliphatic heterocycles. The number of furan rings is 1. The minimum Gasteiger partial charge on any atom is -0.450 e. The molecule has 112 valence electrons. The predicted octanol–water partition coefficient (Wildman–Crippen LogP) is 3.39. The molecule has 1 aliphatic rings. The maximum absolute atomic E-state index is 12.6. The average Bonchev–Trinajstić information content (AvgIpc) is 2.92. The molecule has 1 saturated heterocycles. The molecule has 2 N–H and O–H groups in total. The van der Waals surface area contributed by atoms with Gasteiger partial charge in [0.25, 0.3) is 5.91 Å². The molecule has 2 heterocycles. The number of benzene rings is 1. The van der Waals surface area contributed by atoms with Crippen molar-refractivity contribution in [2.24, 2.45) is 11.7 Å². The molecule has 21 heavy (non-hydrogen) atoms. The number of halogens is 1. The van der Waals surface area contributed by atoms with E-state index in [-0.39, 0.29) is 11.9 Å². The number of carbonyl (C=O) groups is 1. The summed E-state index contributed by atoms with van der Waals surface area (Å²) in [5.74, 6) is 0.740. The number of amides is 1. The van der Waals surface area contributed by atoms with Gasteiger partial charge < -0.3 is 15.1 Å². The van der Waals surface area contributed by atoms with Crippen LogP contribution in [0.2, 0.25) is 0 Å². The second kappa shape index (κ2) is 5.81. The molecule has 0 saturated carbocycles. The van der Waals surface area contributed by atoms with Gasteiger partial charge in [0, 0.05) is 24.5 Å². The Morgan fingerprint density at radius 2 is 2.33 bits per heavy atom. The summed E-state index contributed by atoms with van der Waals surface area (Å²) in [4.78, 5) is 14.5. The number of likely N-dealkylation sites (tertiary alicyclic amines) is 1. The summed E-state index contributed by atoms with van der Waals surface area (Å²) in [7, 11) is 0. The van der Waals surface area contributed by atoms with Crippen molar-refractivity contribution in [3.05, 3.63) is 34.5 Å². The lowest BCUT2D eigenvalue weighted by molar-refractivity contribution is 0.0619. The number of hydrogen-bond acceptors (Lipinski definition) is 3. The van der Waals surface area contributed by atoms with Gasteiger partial charge in [-0.1, -0.05) is 25.5 Å². The molecule has 2 unspecified atom stereocenters. The minimum atomic E-state index is -0.0385. The summed E-state index contributed by atoms with van der Waals surface area (Å²) in [6.07, 6.45) is 1.85. The lowest BCUT2D eigenvalue weighted by Gasteiger charge is -2.36. The molecule has 4 nitrogen and oxygen atoms in total. The molecule has 1 aromatic heterocycles. The first-order valence-corrected chi connectivity index (χ1v) is 8.12. The van der Waals surface area contributed by atoms with E-state index in [0.29, 0.717) is 24.8 Å². The Hall–Kier alpha value is -1.33. The average molecular weight is 351 g/mol. The highest BCUT2D eigenvalue weighted by Crippen LogP contribution is 2.28. The molecular weight excluding hydrogens is 332 g/mol. The summed E-state index contributed by atoms with van der Waals surface area (Å²) in [5.41, 5.74) is 6.83. The van der Waals surface area contributed by atoms with Crippen LogP contribution in [0, 0.1) is 5.92 Å². The van der Waals surface area contributed by atoms with Crippen LogP contribution in [0.4, 0.5) is 0 Å². The first-order valence-electron chi connectivity index (χ1n) is 7.33. The second-order valence-corrected chi connectivity index (χ2v) is 6.50. The molecule has 0 aliphatic carbocycles. The molecule has 5 heteroatoms. The number of hydrogen-bond donors (Lipinski definition) is 1. The molecule has 0 radical (unpaired) electrons. The SMILES string of the molecule is CCC1CN(C(=O)c2cc3cccc(Br)c3o2)CCC1N. The van der Waals surface area contributed by atoms with Crippen LogP contribution in [0.1, 0.15) is 30.3 Å². The third-order valence-electron chi connectivity index (χ3n) is 4.31.